The van der Waals surface area contributed by atoms with Crippen LogP contribution in [0.1, 0.15) is 56.9 Å². The van der Waals surface area contributed by atoms with Gasteiger partial charge >= 0.3 is 0 Å². The Kier molecular flexibility index (Phi) is 6.19. The minimum absolute atomic E-state index is 0.0702. The number of hydrogen-bond acceptors (Lipinski definition) is 2. The Morgan fingerprint density at radius 2 is 1.96 bits per heavy atom. The van der Waals surface area contributed by atoms with Crippen molar-refractivity contribution in [3.05, 3.63) is 35.6 Å². The average Bonchev–Trinajstić information content (AvgIpc) is 3.33. The number of aliphatic imine (C=N–C) groups is 1. The van der Waals surface area contributed by atoms with Gasteiger partial charge in [-0.15, -0.1) is 0 Å². The summed E-state index contributed by atoms with van der Waals surface area (Å²) in [7, 11) is 1.85. The molecule has 1 aliphatic heterocycles. The van der Waals surface area contributed by atoms with Crippen LogP contribution in [0.3, 0.4) is 0 Å². The number of piperidine rings is 1. The third-order valence-corrected chi connectivity index (χ3v) is 6.87. The van der Waals surface area contributed by atoms with Gasteiger partial charge in [0.15, 0.2) is 5.96 Å². The molecule has 0 spiro atoms. The van der Waals surface area contributed by atoms with Gasteiger partial charge in [-0.1, -0.05) is 25.0 Å². The van der Waals surface area contributed by atoms with Crippen molar-refractivity contribution in [2.45, 2.75) is 62.9 Å². The van der Waals surface area contributed by atoms with Gasteiger partial charge in [-0.2, -0.15) is 0 Å². The van der Waals surface area contributed by atoms with E-state index >= 15 is 0 Å². The minimum atomic E-state index is -0.146. The number of nitrogens with one attached hydrogen (secondary N) is 1. The lowest BCUT2D eigenvalue weighted by Gasteiger charge is -2.35. The van der Waals surface area contributed by atoms with Crippen molar-refractivity contribution in [1.29, 1.82) is 0 Å². The van der Waals surface area contributed by atoms with Gasteiger partial charge in [0.2, 0.25) is 0 Å². The van der Waals surface area contributed by atoms with Crippen LogP contribution in [0.2, 0.25) is 0 Å². The van der Waals surface area contributed by atoms with Crippen molar-refractivity contribution in [3.8, 4) is 0 Å². The van der Waals surface area contributed by atoms with Gasteiger partial charge in [0.05, 0.1) is 6.10 Å². The zero-order chi connectivity index (χ0) is 19.4. The van der Waals surface area contributed by atoms with Crippen LogP contribution in [0.4, 0.5) is 4.39 Å². The number of benzene rings is 1. The number of halogens is 1. The number of nitrogens with zero attached hydrogens (tertiary/aromatic N) is 2. The van der Waals surface area contributed by atoms with E-state index in [-0.39, 0.29) is 11.2 Å². The Bertz CT molecular complexity index is 674. The summed E-state index contributed by atoms with van der Waals surface area (Å²) in [5.74, 6) is 1.62. The third-order valence-electron chi connectivity index (χ3n) is 6.87. The molecule has 0 unspecified atom stereocenters. The van der Waals surface area contributed by atoms with Crippen LogP contribution in [0, 0.1) is 11.7 Å². The Labute approximate surface area is 168 Å². The molecule has 0 aromatic heterocycles. The summed E-state index contributed by atoms with van der Waals surface area (Å²) in [6, 6.07) is 7.07. The highest BCUT2D eigenvalue weighted by molar-refractivity contribution is 5.80. The van der Waals surface area contributed by atoms with Crippen molar-refractivity contribution < 1.29 is 9.13 Å². The summed E-state index contributed by atoms with van der Waals surface area (Å²) >= 11 is 0. The number of guanidine groups is 1. The van der Waals surface area contributed by atoms with Crippen molar-refractivity contribution in [3.63, 3.8) is 0 Å². The SMILES string of the molecule is CN=C(NCC1(c2cccc(F)c2)CC1)N1CCC(OCC2CCCC2)CC1. The quantitative estimate of drug-likeness (QED) is 0.590. The summed E-state index contributed by atoms with van der Waals surface area (Å²) in [4.78, 5) is 6.85. The molecule has 2 saturated carbocycles. The normalized spacial score (nSPS) is 23.2. The lowest BCUT2D eigenvalue weighted by molar-refractivity contribution is 0.00101. The first-order chi connectivity index (χ1) is 13.7. The zero-order valence-corrected chi connectivity index (χ0v) is 17.1. The van der Waals surface area contributed by atoms with Gasteiger partial charge in [-0.3, -0.25) is 4.99 Å². The largest absolute Gasteiger partial charge is 0.378 e. The molecule has 0 atom stereocenters. The summed E-state index contributed by atoms with van der Waals surface area (Å²) < 4.78 is 19.8. The van der Waals surface area contributed by atoms with E-state index in [0.717, 1.165) is 69.4 Å². The van der Waals surface area contributed by atoms with Crippen molar-refractivity contribution in [2.24, 2.45) is 10.9 Å². The Morgan fingerprint density at radius 3 is 2.61 bits per heavy atom. The van der Waals surface area contributed by atoms with Crippen LogP contribution in [0.15, 0.2) is 29.3 Å². The van der Waals surface area contributed by atoms with Crippen molar-refractivity contribution in [1.82, 2.24) is 10.2 Å². The molecule has 1 aromatic carbocycles. The van der Waals surface area contributed by atoms with E-state index < -0.39 is 0 Å². The molecule has 154 valence electrons. The Hall–Kier alpha value is -1.62. The highest BCUT2D eigenvalue weighted by Gasteiger charge is 2.44. The smallest absolute Gasteiger partial charge is 0.193 e. The molecular formula is C23H34FN3O. The molecule has 0 radical (unpaired) electrons. The summed E-state index contributed by atoms with van der Waals surface area (Å²) in [5.41, 5.74) is 1.18. The molecule has 4 nitrogen and oxygen atoms in total. The molecule has 1 N–H and O–H groups in total. The zero-order valence-electron chi connectivity index (χ0n) is 17.1. The fourth-order valence-electron chi connectivity index (χ4n) is 4.80. The molecule has 3 fully saturated rings. The van der Waals surface area contributed by atoms with E-state index in [1.54, 1.807) is 6.07 Å². The lowest BCUT2D eigenvalue weighted by atomic mass is 9.96. The van der Waals surface area contributed by atoms with Crippen LogP contribution in [0.5, 0.6) is 0 Å². The topological polar surface area (TPSA) is 36.9 Å². The first-order valence-corrected chi connectivity index (χ1v) is 11.0. The summed E-state index contributed by atoms with van der Waals surface area (Å²) in [5, 5.41) is 3.56. The Morgan fingerprint density at radius 1 is 1.21 bits per heavy atom. The number of hydrogen-bond donors (Lipinski definition) is 1. The molecule has 3 aliphatic rings. The molecular weight excluding hydrogens is 353 g/mol. The molecule has 1 heterocycles. The minimum Gasteiger partial charge on any atom is -0.378 e. The maximum atomic E-state index is 13.6. The van der Waals surface area contributed by atoms with Gasteiger partial charge < -0.3 is 15.0 Å². The predicted octanol–water partition coefficient (Wildman–Crippen LogP) is 4.10. The molecule has 28 heavy (non-hydrogen) atoms. The highest BCUT2D eigenvalue weighted by Crippen LogP contribution is 2.47. The van der Waals surface area contributed by atoms with Gasteiger partial charge in [0.1, 0.15) is 5.82 Å². The second-order valence-corrected chi connectivity index (χ2v) is 8.86. The van der Waals surface area contributed by atoms with Crippen LogP contribution in [0.25, 0.3) is 0 Å². The number of ether oxygens (including phenoxy) is 1. The molecule has 5 heteroatoms. The molecule has 1 saturated heterocycles. The second kappa shape index (κ2) is 8.81. The van der Waals surface area contributed by atoms with E-state index in [0.29, 0.717) is 6.10 Å². The van der Waals surface area contributed by atoms with Crippen LogP contribution >= 0.6 is 0 Å². The second-order valence-electron chi connectivity index (χ2n) is 8.86. The number of rotatable bonds is 6. The molecule has 0 bridgehead atoms. The van der Waals surface area contributed by atoms with Crippen LogP contribution < -0.4 is 5.32 Å². The number of likely N-dealkylation sites (tertiary alicyclic amines) is 1. The summed E-state index contributed by atoms with van der Waals surface area (Å²) in [6.45, 7) is 3.75. The van der Waals surface area contributed by atoms with E-state index in [9.17, 15) is 4.39 Å². The molecule has 4 rings (SSSR count). The van der Waals surface area contributed by atoms with Crippen LogP contribution in [-0.4, -0.2) is 50.3 Å². The third kappa shape index (κ3) is 4.68. The van der Waals surface area contributed by atoms with Crippen molar-refractivity contribution >= 4 is 5.96 Å². The van der Waals surface area contributed by atoms with E-state index in [1.807, 2.05) is 19.2 Å². The van der Waals surface area contributed by atoms with Gasteiger partial charge in [-0.25, -0.2) is 4.39 Å². The predicted molar refractivity (Wildman–Crippen MR) is 111 cm³/mol. The maximum Gasteiger partial charge on any atom is 0.193 e. The fraction of sp³-hybridized carbons (Fsp3) is 0.696. The maximum absolute atomic E-state index is 13.6. The Balaban J connectivity index is 1.24. The molecule has 0 amide bonds. The van der Waals surface area contributed by atoms with Gasteiger partial charge in [0, 0.05) is 38.7 Å². The summed E-state index contributed by atoms with van der Waals surface area (Å²) in [6.07, 6.45) is 10.2. The highest BCUT2D eigenvalue weighted by atomic mass is 19.1. The van der Waals surface area contributed by atoms with Crippen molar-refractivity contribution in [2.75, 3.05) is 33.3 Å². The van der Waals surface area contributed by atoms with E-state index in [2.05, 4.69) is 15.2 Å². The lowest BCUT2D eigenvalue weighted by Crippen LogP contribution is -2.48. The average molecular weight is 388 g/mol. The molecule has 2 aliphatic carbocycles. The fourth-order valence-corrected chi connectivity index (χ4v) is 4.80. The van der Waals surface area contributed by atoms with E-state index in [1.165, 1.54) is 31.7 Å². The van der Waals surface area contributed by atoms with E-state index in [4.69, 9.17) is 4.74 Å². The molecule has 1 aromatic rings. The standard InChI is InChI=1S/C23H34FN3O/c1-25-22(26-17-23(11-12-23)19-7-4-8-20(24)15-19)27-13-9-21(10-14-27)28-16-18-5-2-3-6-18/h4,7-8,15,18,21H,2-3,5-6,9-14,16-17H2,1H3,(H,25,26). The van der Waals surface area contributed by atoms with Gasteiger partial charge in [0.25, 0.3) is 0 Å². The van der Waals surface area contributed by atoms with Crippen LogP contribution in [-0.2, 0) is 10.2 Å². The monoisotopic (exact) mass is 387 g/mol. The first-order valence-electron chi connectivity index (χ1n) is 11.0. The first kappa shape index (κ1) is 19.7. The van der Waals surface area contributed by atoms with Gasteiger partial charge in [-0.05, 0) is 62.1 Å².